The topological polar surface area (TPSA) is 70.7 Å². The van der Waals surface area contributed by atoms with Gasteiger partial charge in [-0.3, -0.25) is 4.98 Å². The highest BCUT2D eigenvalue weighted by molar-refractivity contribution is 7.98. The van der Waals surface area contributed by atoms with E-state index in [1.54, 1.807) is 30.1 Å². The molecule has 3 heterocycles. The van der Waals surface area contributed by atoms with E-state index in [-0.39, 0.29) is 0 Å². The van der Waals surface area contributed by atoms with Crippen LogP contribution in [0, 0.1) is 0 Å². The Kier molecular flexibility index (Phi) is 10.2. The Morgan fingerprint density at radius 1 is 0.792 bits per heavy atom. The first-order valence-corrected chi connectivity index (χ1v) is 16.3. The molecular weight excluding hydrogens is 630 g/mol. The van der Waals surface area contributed by atoms with E-state index in [1.165, 1.54) is 10.5 Å². The first kappa shape index (κ1) is 32.5. The van der Waals surface area contributed by atoms with Crippen molar-refractivity contribution in [2.24, 2.45) is 0 Å². The van der Waals surface area contributed by atoms with Crippen LogP contribution in [0.2, 0.25) is 0 Å². The molecule has 0 spiro atoms. The van der Waals surface area contributed by atoms with Crippen molar-refractivity contribution in [3.63, 3.8) is 0 Å². The van der Waals surface area contributed by atoms with Gasteiger partial charge in [-0.25, -0.2) is 4.98 Å². The number of carbonyl (C=O) groups is 1. The number of H-pyrrole nitrogens is 1. The molecule has 5 nitrogen and oxygen atoms in total. The zero-order chi connectivity index (χ0) is 33.3. The summed E-state index contributed by atoms with van der Waals surface area (Å²) < 4.78 is 38.0. The van der Waals surface area contributed by atoms with Crippen molar-refractivity contribution in [3.8, 4) is 22.3 Å². The van der Waals surface area contributed by atoms with E-state index >= 15 is 0 Å². The van der Waals surface area contributed by atoms with Crippen molar-refractivity contribution >= 4 is 45.7 Å². The third kappa shape index (κ3) is 8.11. The van der Waals surface area contributed by atoms with Gasteiger partial charge in [0.05, 0.1) is 0 Å². The normalized spacial score (nSPS) is 11.2. The van der Waals surface area contributed by atoms with Crippen LogP contribution >= 0.6 is 11.8 Å². The van der Waals surface area contributed by atoms with Gasteiger partial charge in [0.1, 0.15) is 18.5 Å². The van der Waals surface area contributed by atoms with E-state index in [4.69, 9.17) is 4.98 Å². The lowest BCUT2D eigenvalue weighted by Gasteiger charge is -2.14. The Bertz CT molecular complexity index is 2100. The van der Waals surface area contributed by atoms with Gasteiger partial charge in [-0.1, -0.05) is 72.8 Å². The number of anilines is 1. The third-order valence-corrected chi connectivity index (χ3v) is 8.69. The van der Waals surface area contributed by atoms with Crippen LogP contribution in [0.3, 0.4) is 0 Å². The van der Waals surface area contributed by atoms with Gasteiger partial charge < -0.3 is 15.1 Å². The summed E-state index contributed by atoms with van der Waals surface area (Å²) in [4.78, 5) is 23.3. The van der Waals surface area contributed by atoms with Gasteiger partial charge in [0.2, 0.25) is 0 Å². The van der Waals surface area contributed by atoms with Crippen LogP contribution < -0.4 is 5.32 Å². The average molecular weight is 661 g/mol. The Morgan fingerprint density at radius 2 is 1.52 bits per heavy atom. The number of aromatic amines is 1. The fourth-order valence-corrected chi connectivity index (χ4v) is 6.24. The number of halogens is 3. The summed E-state index contributed by atoms with van der Waals surface area (Å²) in [5, 5.41) is 4.56. The molecule has 4 aromatic carbocycles. The Hall–Kier alpha value is -5.41. The molecule has 0 aliphatic rings. The van der Waals surface area contributed by atoms with E-state index in [0.29, 0.717) is 12.1 Å². The summed E-state index contributed by atoms with van der Waals surface area (Å²) in [6.07, 6.45) is 0.508. The predicted octanol–water partition coefficient (Wildman–Crippen LogP) is 10.1. The van der Waals surface area contributed by atoms with Gasteiger partial charge in [-0.2, -0.15) is 13.2 Å². The van der Waals surface area contributed by atoms with Crippen LogP contribution in [0.1, 0.15) is 11.3 Å². The highest BCUT2D eigenvalue weighted by atomic mass is 32.2. The number of nitrogens with zero attached hydrogens (tertiary/aromatic N) is 2. The lowest BCUT2D eigenvalue weighted by Crippen LogP contribution is -2.21. The number of aromatic nitrogens is 3. The van der Waals surface area contributed by atoms with Gasteiger partial charge in [0.15, 0.2) is 0 Å². The summed E-state index contributed by atoms with van der Waals surface area (Å²) in [6.45, 7) is -1.07. The number of aldehydes is 1. The second-order valence-electron chi connectivity index (χ2n) is 11.0. The number of fused-ring (bicyclic) bond motifs is 3. The summed E-state index contributed by atoms with van der Waals surface area (Å²) in [7, 11) is 0. The third-order valence-electron chi connectivity index (χ3n) is 7.60. The fourth-order valence-electron chi connectivity index (χ4n) is 5.37. The number of carbonyl (C=O) groups excluding carboxylic acids is 1. The molecule has 0 amide bonds. The number of alkyl halides is 3. The molecular formula is C39H31F3N4OS. The minimum Gasteiger partial charge on any atom is -0.376 e. The zero-order valence-corrected chi connectivity index (χ0v) is 26.6. The van der Waals surface area contributed by atoms with Gasteiger partial charge in [-0.05, 0) is 65.2 Å². The van der Waals surface area contributed by atoms with Crippen LogP contribution in [-0.2, 0) is 17.0 Å². The molecule has 0 unspecified atom stereocenters. The first-order valence-electron chi connectivity index (χ1n) is 15.3. The molecule has 0 radical (unpaired) electrons. The van der Waals surface area contributed by atoms with E-state index < -0.39 is 12.7 Å². The molecule has 9 heteroatoms. The van der Waals surface area contributed by atoms with E-state index in [2.05, 4.69) is 57.7 Å². The second kappa shape index (κ2) is 15.0. The van der Waals surface area contributed by atoms with Crippen molar-refractivity contribution < 1.29 is 18.0 Å². The predicted molar refractivity (Wildman–Crippen MR) is 189 cm³/mol. The maximum atomic E-state index is 12.7. The molecule has 0 bridgehead atoms. The number of hydrogen-bond acceptors (Lipinski definition) is 5. The molecule has 0 saturated carbocycles. The SMILES string of the molecule is FC(F)(F)CNc1ccc(-c2cnc3[nH]c4ccc(CSc5ccccc5)cc4c3c2-c2ccccc2)cc1.O=CCc1ccccn1. The van der Waals surface area contributed by atoms with Gasteiger partial charge in [0.25, 0.3) is 0 Å². The number of rotatable bonds is 9. The smallest absolute Gasteiger partial charge is 0.376 e. The maximum absolute atomic E-state index is 12.7. The largest absolute Gasteiger partial charge is 0.405 e. The van der Waals surface area contributed by atoms with Crippen LogP contribution in [-0.4, -0.2) is 34.0 Å². The van der Waals surface area contributed by atoms with Crippen molar-refractivity contribution in [1.29, 1.82) is 0 Å². The lowest BCUT2D eigenvalue weighted by molar-refractivity contribution is -0.115. The van der Waals surface area contributed by atoms with E-state index in [1.807, 2.05) is 72.9 Å². The number of nitrogens with one attached hydrogen (secondary N) is 2. The molecule has 0 saturated heterocycles. The Morgan fingerprint density at radius 3 is 2.21 bits per heavy atom. The van der Waals surface area contributed by atoms with Crippen LogP contribution in [0.15, 0.2) is 139 Å². The molecule has 48 heavy (non-hydrogen) atoms. The number of hydrogen-bond donors (Lipinski definition) is 2. The number of thioether (sulfide) groups is 1. The molecule has 7 aromatic rings. The highest BCUT2D eigenvalue weighted by Gasteiger charge is 2.26. The second-order valence-corrected chi connectivity index (χ2v) is 12.0. The number of pyridine rings is 2. The van der Waals surface area contributed by atoms with Gasteiger partial charge in [-0.15, -0.1) is 11.8 Å². The zero-order valence-electron chi connectivity index (χ0n) is 25.7. The van der Waals surface area contributed by atoms with E-state index in [0.717, 1.165) is 61.9 Å². The number of benzene rings is 4. The van der Waals surface area contributed by atoms with Crippen LogP contribution in [0.25, 0.3) is 44.2 Å². The summed E-state index contributed by atoms with van der Waals surface area (Å²) in [6, 6.07) is 39.5. The molecule has 2 N–H and O–H groups in total. The quantitative estimate of drug-likeness (QED) is 0.119. The molecule has 0 aliphatic heterocycles. The molecule has 0 fully saturated rings. The first-order chi connectivity index (χ1) is 23.4. The lowest BCUT2D eigenvalue weighted by atomic mass is 9.92. The van der Waals surface area contributed by atoms with E-state index in [9.17, 15) is 18.0 Å². The molecule has 0 atom stereocenters. The monoisotopic (exact) mass is 660 g/mol. The summed E-state index contributed by atoms with van der Waals surface area (Å²) >= 11 is 1.80. The molecule has 0 aliphatic carbocycles. The molecule has 240 valence electrons. The van der Waals surface area contributed by atoms with Gasteiger partial charge in [0, 0.05) is 68.3 Å². The standard InChI is InChI=1S/C32H24F3N3S.C7H7NO/c33-32(34,35)20-37-24-14-12-22(13-15-24)27-18-36-31-30(29(27)23-7-3-1-4-8-23)26-17-21(11-16-28(26)38-31)19-39-25-9-5-2-6-10-25;9-6-4-7-3-1-2-5-8-7/h1-18,37H,19-20H2,(H,36,38);1-3,5-6H,4H2. The maximum Gasteiger partial charge on any atom is 0.405 e. The van der Waals surface area contributed by atoms with Crippen LogP contribution in [0.4, 0.5) is 18.9 Å². The average Bonchev–Trinajstić information content (AvgIpc) is 3.49. The summed E-state index contributed by atoms with van der Waals surface area (Å²) in [5.41, 5.74) is 8.14. The fraction of sp³-hybridized carbons (Fsp3) is 0.103. The minimum absolute atomic E-state index is 0.416. The highest BCUT2D eigenvalue weighted by Crippen LogP contribution is 2.41. The van der Waals surface area contributed by atoms with Gasteiger partial charge >= 0.3 is 6.18 Å². The Labute approximate surface area is 280 Å². The van der Waals surface area contributed by atoms with Crippen molar-refractivity contribution in [1.82, 2.24) is 15.0 Å². The van der Waals surface area contributed by atoms with Crippen molar-refractivity contribution in [2.75, 3.05) is 11.9 Å². The van der Waals surface area contributed by atoms with Crippen molar-refractivity contribution in [2.45, 2.75) is 23.2 Å². The minimum atomic E-state index is -4.28. The summed E-state index contributed by atoms with van der Waals surface area (Å²) in [5.74, 6) is 0.840. The molecule has 7 rings (SSSR count). The molecule has 3 aromatic heterocycles. The van der Waals surface area contributed by atoms with Crippen molar-refractivity contribution in [3.05, 3.63) is 145 Å². The Balaban J connectivity index is 0.000000388. The van der Waals surface area contributed by atoms with Crippen LogP contribution in [0.5, 0.6) is 0 Å².